The summed E-state index contributed by atoms with van der Waals surface area (Å²) >= 11 is 0. The van der Waals surface area contributed by atoms with Crippen LogP contribution in [0.4, 0.5) is 27.8 Å². The maximum Gasteiger partial charge on any atom is 0.326 e. The van der Waals surface area contributed by atoms with Gasteiger partial charge in [0, 0.05) is 54.2 Å². The molecule has 8 rings (SSSR count). The molecule has 246 valence electrons. The quantitative estimate of drug-likeness (QED) is 0.181. The first-order chi connectivity index (χ1) is 23.9. The van der Waals surface area contributed by atoms with Gasteiger partial charge in [-0.3, -0.25) is 9.30 Å². The van der Waals surface area contributed by atoms with Crippen LogP contribution >= 0.6 is 0 Å². The number of amides is 2. The summed E-state index contributed by atoms with van der Waals surface area (Å²) in [6, 6.07) is 31.1. The van der Waals surface area contributed by atoms with Crippen LogP contribution in [0.1, 0.15) is 42.9 Å². The number of aromatic nitrogens is 4. The zero-order valence-corrected chi connectivity index (χ0v) is 28.1. The lowest BCUT2D eigenvalue weighted by Crippen LogP contribution is -2.33. The zero-order chi connectivity index (χ0) is 33.5. The van der Waals surface area contributed by atoms with Crippen molar-refractivity contribution in [1.29, 1.82) is 0 Å². The van der Waals surface area contributed by atoms with E-state index in [1.165, 1.54) is 23.1 Å². The van der Waals surface area contributed by atoms with E-state index in [2.05, 4.69) is 77.7 Å². The normalized spacial score (nSPS) is 16.0. The standard InChI is InChI=1S/C40H40N8O/c1-26(2)46-21-17-31(25-46)28-11-13-32(14-12-28)42-39-41-19-16-34(44-39)38-37(45-36-9-4-5-20-48(36)38)30-7-6-8-33(24-30)43-40(49)47-22-18-29-23-27(3)10-15-35(29)47/h4-16,19-20,23-24,26,31H,17-18,21-22,25H2,1-3H3,(H,43,49)(H,41,42,44). The van der Waals surface area contributed by atoms with Gasteiger partial charge in [-0.1, -0.05) is 48.0 Å². The van der Waals surface area contributed by atoms with Crippen LogP contribution in [0.15, 0.2) is 103 Å². The molecule has 9 nitrogen and oxygen atoms in total. The second kappa shape index (κ2) is 12.8. The van der Waals surface area contributed by atoms with Gasteiger partial charge in [0.05, 0.1) is 17.1 Å². The highest BCUT2D eigenvalue weighted by molar-refractivity contribution is 6.03. The van der Waals surface area contributed by atoms with Crippen LogP contribution in [0.5, 0.6) is 0 Å². The average Bonchev–Trinajstić information content (AvgIpc) is 3.86. The van der Waals surface area contributed by atoms with Gasteiger partial charge in [-0.15, -0.1) is 0 Å². The number of likely N-dealkylation sites (tertiary alicyclic amines) is 1. The van der Waals surface area contributed by atoms with Crippen LogP contribution in [0.25, 0.3) is 28.3 Å². The van der Waals surface area contributed by atoms with Crippen molar-refractivity contribution in [3.05, 3.63) is 120 Å². The maximum atomic E-state index is 13.4. The number of nitrogens with zero attached hydrogens (tertiary/aromatic N) is 6. The summed E-state index contributed by atoms with van der Waals surface area (Å²) in [7, 11) is 0. The van der Waals surface area contributed by atoms with Crippen LogP contribution in [0, 0.1) is 6.92 Å². The van der Waals surface area contributed by atoms with E-state index >= 15 is 0 Å². The fourth-order valence-corrected chi connectivity index (χ4v) is 7.17. The minimum absolute atomic E-state index is 0.143. The van der Waals surface area contributed by atoms with Crippen molar-refractivity contribution >= 4 is 34.7 Å². The van der Waals surface area contributed by atoms with E-state index in [1.807, 2.05) is 70.1 Å². The molecule has 5 heterocycles. The highest BCUT2D eigenvalue weighted by Gasteiger charge is 2.26. The highest BCUT2D eigenvalue weighted by atomic mass is 16.2. The zero-order valence-electron chi connectivity index (χ0n) is 28.1. The largest absolute Gasteiger partial charge is 0.326 e. The van der Waals surface area contributed by atoms with Gasteiger partial charge in [0.15, 0.2) is 0 Å². The molecule has 1 saturated heterocycles. The lowest BCUT2D eigenvalue weighted by Gasteiger charge is -2.20. The Morgan fingerprint density at radius 2 is 1.78 bits per heavy atom. The van der Waals surface area contributed by atoms with Crippen molar-refractivity contribution < 1.29 is 4.79 Å². The van der Waals surface area contributed by atoms with Gasteiger partial charge in [-0.25, -0.2) is 19.7 Å². The van der Waals surface area contributed by atoms with Gasteiger partial charge in [-0.2, -0.15) is 0 Å². The lowest BCUT2D eigenvalue weighted by molar-refractivity contribution is 0.257. The third-order valence-electron chi connectivity index (χ3n) is 9.78. The Hall–Kier alpha value is -5.54. The first-order valence-electron chi connectivity index (χ1n) is 17.1. The summed E-state index contributed by atoms with van der Waals surface area (Å²) in [5.41, 5.74) is 10.4. The predicted molar refractivity (Wildman–Crippen MR) is 197 cm³/mol. The summed E-state index contributed by atoms with van der Waals surface area (Å²) in [4.78, 5) is 32.3. The van der Waals surface area contributed by atoms with E-state index in [-0.39, 0.29) is 6.03 Å². The second-order valence-electron chi connectivity index (χ2n) is 13.4. The Bertz CT molecular complexity index is 2150. The van der Waals surface area contributed by atoms with Crippen LogP contribution < -0.4 is 15.5 Å². The van der Waals surface area contributed by atoms with Gasteiger partial charge < -0.3 is 15.5 Å². The molecule has 2 aliphatic heterocycles. The number of aryl methyl sites for hydroxylation is 1. The smallest absolute Gasteiger partial charge is 0.324 e. The molecule has 0 bridgehead atoms. The van der Waals surface area contributed by atoms with Crippen molar-refractivity contribution in [2.45, 2.75) is 45.6 Å². The Kier molecular flexibility index (Phi) is 8.05. The minimum Gasteiger partial charge on any atom is -0.324 e. The van der Waals surface area contributed by atoms with Crippen LogP contribution in [0.2, 0.25) is 0 Å². The minimum atomic E-state index is -0.143. The molecule has 6 aromatic rings. The van der Waals surface area contributed by atoms with Crippen molar-refractivity contribution in [2.75, 3.05) is 35.2 Å². The Labute approximate surface area is 286 Å². The number of imidazole rings is 1. The number of carbonyl (C=O) groups is 1. The van der Waals surface area contributed by atoms with Crippen molar-refractivity contribution in [3.63, 3.8) is 0 Å². The number of anilines is 4. The summed E-state index contributed by atoms with van der Waals surface area (Å²) in [5.74, 6) is 1.08. The molecule has 2 N–H and O–H groups in total. The van der Waals surface area contributed by atoms with E-state index in [1.54, 1.807) is 6.20 Å². The summed E-state index contributed by atoms with van der Waals surface area (Å²) in [6.45, 7) is 9.54. The molecule has 1 unspecified atom stereocenters. The number of hydrogen-bond donors (Lipinski definition) is 2. The lowest BCUT2D eigenvalue weighted by atomic mass is 9.98. The molecule has 1 fully saturated rings. The maximum absolute atomic E-state index is 13.4. The van der Waals surface area contributed by atoms with Crippen LogP contribution in [-0.2, 0) is 6.42 Å². The summed E-state index contributed by atoms with van der Waals surface area (Å²) in [5, 5.41) is 6.53. The molecular weight excluding hydrogens is 608 g/mol. The Morgan fingerprint density at radius 3 is 2.61 bits per heavy atom. The summed E-state index contributed by atoms with van der Waals surface area (Å²) in [6.07, 6.45) is 5.82. The van der Waals surface area contributed by atoms with E-state index in [0.29, 0.717) is 30.1 Å². The third kappa shape index (κ3) is 6.13. The van der Waals surface area contributed by atoms with Gasteiger partial charge in [0.1, 0.15) is 5.65 Å². The molecule has 0 radical (unpaired) electrons. The average molecular weight is 649 g/mol. The number of pyridine rings is 1. The molecule has 1 atom stereocenters. The first-order valence-corrected chi connectivity index (χ1v) is 17.1. The number of carbonyl (C=O) groups excluding carboxylic acids is 1. The number of rotatable bonds is 7. The first kappa shape index (κ1) is 30.8. The van der Waals surface area contributed by atoms with Gasteiger partial charge in [0.25, 0.3) is 0 Å². The summed E-state index contributed by atoms with van der Waals surface area (Å²) < 4.78 is 2.05. The molecule has 2 amide bonds. The van der Waals surface area contributed by atoms with E-state index in [4.69, 9.17) is 9.97 Å². The van der Waals surface area contributed by atoms with Crippen molar-refractivity contribution in [2.24, 2.45) is 0 Å². The molecular formula is C40H40N8O. The SMILES string of the molecule is Cc1ccc2c(c1)CCN2C(=O)Nc1cccc(-c2nc3ccccn3c2-c2ccnc(Nc3ccc(C4CCN(C(C)C)C4)cc3)n2)c1. The molecule has 2 aliphatic rings. The van der Waals surface area contributed by atoms with Crippen molar-refractivity contribution in [1.82, 2.24) is 24.3 Å². The van der Waals surface area contributed by atoms with Gasteiger partial charge in [0.2, 0.25) is 5.95 Å². The molecule has 49 heavy (non-hydrogen) atoms. The Balaban J connectivity index is 1.05. The predicted octanol–water partition coefficient (Wildman–Crippen LogP) is 8.30. The van der Waals surface area contributed by atoms with Gasteiger partial charge >= 0.3 is 6.03 Å². The monoisotopic (exact) mass is 648 g/mol. The van der Waals surface area contributed by atoms with Crippen LogP contribution in [-0.4, -0.2) is 56.0 Å². The fourth-order valence-electron chi connectivity index (χ4n) is 7.17. The molecule has 9 heteroatoms. The van der Waals surface area contributed by atoms with Crippen LogP contribution in [0.3, 0.4) is 0 Å². The molecule has 3 aromatic carbocycles. The number of nitrogens with one attached hydrogen (secondary N) is 2. The van der Waals surface area contributed by atoms with E-state index in [0.717, 1.165) is 59.2 Å². The molecule has 3 aromatic heterocycles. The van der Waals surface area contributed by atoms with Gasteiger partial charge in [-0.05, 0) is 106 Å². The highest BCUT2D eigenvalue weighted by Crippen LogP contribution is 2.35. The number of hydrogen-bond acceptors (Lipinski definition) is 6. The van der Waals surface area contributed by atoms with Crippen molar-refractivity contribution in [3.8, 4) is 22.6 Å². The van der Waals surface area contributed by atoms with E-state index < -0.39 is 0 Å². The second-order valence-corrected chi connectivity index (χ2v) is 13.4. The topological polar surface area (TPSA) is 90.7 Å². The fraction of sp³-hybridized carbons (Fsp3) is 0.250. The number of urea groups is 1. The molecule has 0 aliphatic carbocycles. The number of benzene rings is 3. The molecule has 0 saturated carbocycles. The van der Waals surface area contributed by atoms with E-state index in [9.17, 15) is 4.79 Å². The number of fused-ring (bicyclic) bond motifs is 2. The third-order valence-corrected chi connectivity index (χ3v) is 9.78. The molecule has 0 spiro atoms. The Morgan fingerprint density at radius 1 is 0.898 bits per heavy atom.